The van der Waals surface area contributed by atoms with Crippen LogP contribution in [0.2, 0.25) is 0 Å². The predicted octanol–water partition coefficient (Wildman–Crippen LogP) is 5.21. The molecule has 0 bridgehead atoms. The van der Waals surface area contributed by atoms with Gasteiger partial charge in [-0.1, -0.05) is 22.0 Å². The van der Waals surface area contributed by atoms with Gasteiger partial charge in [0.05, 0.1) is 6.04 Å². The molecular formula is C15H14BrF2N. The summed E-state index contributed by atoms with van der Waals surface area (Å²) < 4.78 is 27.8. The van der Waals surface area contributed by atoms with E-state index in [1.54, 1.807) is 6.92 Å². The van der Waals surface area contributed by atoms with Crippen LogP contribution in [0.5, 0.6) is 0 Å². The van der Waals surface area contributed by atoms with Crippen molar-refractivity contribution in [3.05, 3.63) is 63.6 Å². The van der Waals surface area contributed by atoms with Gasteiger partial charge in [0.2, 0.25) is 0 Å². The minimum atomic E-state index is -0.435. The van der Waals surface area contributed by atoms with Gasteiger partial charge in [0.1, 0.15) is 11.6 Å². The van der Waals surface area contributed by atoms with Crippen molar-refractivity contribution < 1.29 is 8.78 Å². The Bertz CT molecular complexity index is 599. The zero-order valence-corrected chi connectivity index (χ0v) is 12.3. The molecule has 0 radical (unpaired) electrons. The average molecular weight is 326 g/mol. The summed E-state index contributed by atoms with van der Waals surface area (Å²) in [6.45, 7) is 3.79. The standard InChI is InChI=1S/C15H14BrF2N/c1-9-3-5-12(8-14(9)16)19-10(2)13-7-11(17)4-6-15(13)18/h3-8,10,19H,1-2H3. The molecule has 0 aliphatic rings. The van der Waals surface area contributed by atoms with Crippen LogP contribution in [0, 0.1) is 18.6 Å². The molecule has 0 spiro atoms. The maximum Gasteiger partial charge on any atom is 0.128 e. The van der Waals surface area contributed by atoms with Crippen molar-refractivity contribution in [1.29, 1.82) is 0 Å². The zero-order valence-electron chi connectivity index (χ0n) is 10.7. The molecule has 0 aliphatic carbocycles. The van der Waals surface area contributed by atoms with Crippen LogP contribution in [0.15, 0.2) is 40.9 Å². The SMILES string of the molecule is Cc1ccc(NC(C)c2cc(F)ccc2F)cc1Br. The summed E-state index contributed by atoms with van der Waals surface area (Å²) in [6.07, 6.45) is 0. The van der Waals surface area contributed by atoms with Gasteiger partial charge in [-0.25, -0.2) is 8.78 Å². The Hall–Kier alpha value is -1.42. The van der Waals surface area contributed by atoms with Gasteiger partial charge in [0, 0.05) is 15.7 Å². The van der Waals surface area contributed by atoms with Crippen LogP contribution < -0.4 is 5.32 Å². The van der Waals surface area contributed by atoms with E-state index in [9.17, 15) is 8.78 Å². The molecular weight excluding hydrogens is 312 g/mol. The summed E-state index contributed by atoms with van der Waals surface area (Å²) in [4.78, 5) is 0. The highest BCUT2D eigenvalue weighted by Gasteiger charge is 2.12. The lowest BCUT2D eigenvalue weighted by Gasteiger charge is -2.17. The number of halogens is 3. The van der Waals surface area contributed by atoms with E-state index >= 15 is 0 Å². The number of anilines is 1. The monoisotopic (exact) mass is 325 g/mol. The number of benzene rings is 2. The van der Waals surface area contributed by atoms with Crippen LogP contribution in [0.1, 0.15) is 24.1 Å². The smallest absolute Gasteiger partial charge is 0.128 e. The van der Waals surface area contributed by atoms with Gasteiger partial charge in [-0.2, -0.15) is 0 Å². The molecule has 0 fully saturated rings. The van der Waals surface area contributed by atoms with Crippen LogP contribution in [-0.4, -0.2) is 0 Å². The lowest BCUT2D eigenvalue weighted by atomic mass is 10.1. The predicted molar refractivity (Wildman–Crippen MR) is 77.3 cm³/mol. The van der Waals surface area contributed by atoms with Crippen molar-refractivity contribution in [3.8, 4) is 0 Å². The molecule has 19 heavy (non-hydrogen) atoms. The molecule has 0 saturated heterocycles. The second kappa shape index (κ2) is 5.70. The van der Waals surface area contributed by atoms with Crippen LogP contribution >= 0.6 is 15.9 Å². The van der Waals surface area contributed by atoms with E-state index in [0.717, 1.165) is 27.9 Å². The van der Waals surface area contributed by atoms with E-state index in [0.29, 0.717) is 5.56 Å². The van der Waals surface area contributed by atoms with Crippen molar-refractivity contribution in [3.63, 3.8) is 0 Å². The first kappa shape index (κ1) is 14.0. The normalized spacial score (nSPS) is 12.3. The molecule has 2 aromatic carbocycles. The molecule has 1 unspecified atom stereocenters. The maximum atomic E-state index is 13.7. The molecule has 1 nitrogen and oxygen atoms in total. The third-order valence-electron chi connectivity index (χ3n) is 2.98. The molecule has 2 rings (SSSR count). The average Bonchev–Trinajstić information content (AvgIpc) is 2.36. The van der Waals surface area contributed by atoms with Crippen LogP contribution in [0.25, 0.3) is 0 Å². The van der Waals surface area contributed by atoms with Gasteiger partial charge in [-0.15, -0.1) is 0 Å². The van der Waals surface area contributed by atoms with Crippen molar-refractivity contribution in [2.75, 3.05) is 5.32 Å². The zero-order chi connectivity index (χ0) is 14.0. The minimum Gasteiger partial charge on any atom is -0.378 e. The summed E-state index contributed by atoms with van der Waals surface area (Å²) in [7, 11) is 0. The Morgan fingerprint density at radius 3 is 2.53 bits per heavy atom. The highest BCUT2D eigenvalue weighted by atomic mass is 79.9. The van der Waals surface area contributed by atoms with E-state index in [-0.39, 0.29) is 6.04 Å². The van der Waals surface area contributed by atoms with Gasteiger partial charge < -0.3 is 5.32 Å². The van der Waals surface area contributed by atoms with Gasteiger partial charge >= 0.3 is 0 Å². The molecule has 2 aromatic rings. The second-order valence-electron chi connectivity index (χ2n) is 4.50. The Balaban J connectivity index is 2.22. The third kappa shape index (κ3) is 3.32. The van der Waals surface area contributed by atoms with Crippen molar-refractivity contribution >= 4 is 21.6 Å². The lowest BCUT2D eigenvalue weighted by Crippen LogP contribution is -2.09. The Morgan fingerprint density at radius 1 is 1.11 bits per heavy atom. The van der Waals surface area contributed by atoms with Gasteiger partial charge in [-0.05, 0) is 49.7 Å². The summed E-state index contributed by atoms with van der Waals surface area (Å²) >= 11 is 3.44. The first-order valence-corrected chi connectivity index (χ1v) is 6.74. The molecule has 0 amide bonds. The third-order valence-corrected chi connectivity index (χ3v) is 3.83. The highest BCUT2D eigenvalue weighted by molar-refractivity contribution is 9.10. The van der Waals surface area contributed by atoms with E-state index in [2.05, 4.69) is 21.2 Å². The number of hydrogen-bond acceptors (Lipinski definition) is 1. The maximum absolute atomic E-state index is 13.7. The Kier molecular flexibility index (Phi) is 4.20. The molecule has 0 saturated carbocycles. The van der Waals surface area contributed by atoms with Gasteiger partial charge in [0.25, 0.3) is 0 Å². The summed E-state index contributed by atoms with van der Waals surface area (Å²) in [5, 5.41) is 3.16. The fourth-order valence-corrected chi connectivity index (χ4v) is 2.24. The Labute approximate surface area is 119 Å². The Morgan fingerprint density at radius 2 is 1.84 bits per heavy atom. The number of aryl methyl sites for hydroxylation is 1. The first-order valence-electron chi connectivity index (χ1n) is 5.95. The number of rotatable bonds is 3. The largest absolute Gasteiger partial charge is 0.378 e. The van der Waals surface area contributed by atoms with E-state index in [4.69, 9.17) is 0 Å². The highest BCUT2D eigenvalue weighted by Crippen LogP contribution is 2.26. The molecule has 1 atom stereocenters. The van der Waals surface area contributed by atoms with Crippen LogP contribution in [-0.2, 0) is 0 Å². The minimum absolute atomic E-state index is 0.315. The first-order chi connectivity index (χ1) is 8.97. The fourth-order valence-electron chi connectivity index (χ4n) is 1.86. The van der Waals surface area contributed by atoms with E-state index in [1.807, 2.05) is 25.1 Å². The summed E-state index contributed by atoms with van der Waals surface area (Å²) in [5.41, 5.74) is 2.29. The van der Waals surface area contributed by atoms with Crippen molar-refractivity contribution in [2.24, 2.45) is 0 Å². The summed E-state index contributed by atoms with van der Waals surface area (Å²) in [6, 6.07) is 8.96. The van der Waals surface area contributed by atoms with Crippen molar-refractivity contribution in [1.82, 2.24) is 0 Å². The molecule has 0 aliphatic heterocycles. The van der Waals surface area contributed by atoms with E-state index < -0.39 is 11.6 Å². The van der Waals surface area contributed by atoms with Crippen LogP contribution in [0.4, 0.5) is 14.5 Å². The topological polar surface area (TPSA) is 12.0 Å². The molecule has 0 aromatic heterocycles. The molecule has 0 heterocycles. The molecule has 1 N–H and O–H groups in total. The van der Waals surface area contributed by atoms with Gasteiger partial charge in [0.15, 0.2) is 0 Å². The quantitative estimate of drug-likeness (QED) is 0.816. The lowest BCUT2D eigenvalue weighted by molar-refractivity contribution is 0.577. The molecule has 4 heteroatoms. The number of hydrogen-bond donors (Lipinski definition) is 1. The van der Waals surface area contributed by atoms with Crippen molar-refractivity contribution in [2.45, 2.75) is 19.9 Å². The van der Waals surface area contributed by atoms with Gasteiger partial charge in [-0.3, -0.25) is 0 Å². The van der Waals surface area contributed by atoms with Crippen LogP contribution in [0.3, 0.4) is 0 Å². The molecule has 100 valence electrons. The van der Waals surface area contributed by atoms with E-state index in [1.165, 1.54) is 6.07 Å². The number of nitrogens with one attached hydrogen (secondary N) is 1. The second-order valence-corrected chi connectivity index (χ2v) is 5.35. The fraction of sp³-hybridized carbons (Fsp3) is 0.200. The summed E-state index contributed by atoms with van der Waals surface area (Å²) in [5.74, 6) is -0.845.